The van der Waals surface area contributed by atoms with E-state index in [1.165, 1.54) is 19.2 Å². The second kappa shape index (κ2) is 11.4. The summed E-state index contributed by atoms with van der Waals surface area (Å²) in [7, 11) is -2.24. The zero-order chi connectivity index (χ0) is 28.4. The van der Waals surface area contributed by atoms with E-state index in [9.17, 15) is 8.42 Å². The highest BCUT2D eigenvalue weighted by Gasteiger charge is 2.24. The van der Waals surface area contributed by atoms with Gasteiger partial charge in [-0.1, -0.05) is 18.5 Å². The van der Waals surface area contributed by atoms with Gasteiger partial charge in [-0.2, -0.15) is 0 Å². The molecule has 0 bridgehead atoms. The van der Waals surface area contributed by atoms with Crippen LogP contribution in [0.15, 0.2) is 42.6 Å². The van der Waals surface area contributed by atoms with Gasteiger partial charge in [-0.3, -0.25) is 4.72 Å². The number of anilines is 3. The molecule has 0 aliphatic carbocycles. The molecule has 1 aliphatic heterocycles. The van der Waals surface area contributed by atoms with Gasteiger partial charge < -0.3 is 20.1 Å². The number of methoxy groups -OCH3 is 1. The number of ether oxygens (including phenoxy) is 2. The lowest BCUT2D eigenvalue weighted by Gasteiger charge is -2.29. The van der Waals surface area contributed by atoms with E-state index in [2.05, 4.69) is 14.6 Å². The molecule has 210 valence electrons. The number of nitrogens with two attached hydrogens (primary N) is 1. The highest BCUT2D eigenvalue weighted by molar-refractivity contribution is 7.92. The van der Waals surface area contributed by atoms with Gasteiger partial charge in [0.25, 0.3) is 0 Å². The van der Waals surface area contributed by atoms with Gasteiger partial charge in [0.2, 0.25) is 10.0 Å². The van der Waals surface area contributed by atoms with Crippen molar-refractivity contribution in [1.29, 1.82) is 0 Å². The Balaban J connectivity index is 1.73. The summed E-state index contributed by atoms with van der Waals surface area (Å²) < 4.78 is 54.2. The number of pyridine rings is 1. The number of halogens is 2. The van der Waals surface area contributed by atoms with Crippen LogP contribution in [-0.4, -0.2) is 62.5 Å². The molecule has 2 aromatic heterocycles. The molecule has 1 aliphatic rings. The van der Waals surface area contributed by atoms with Crippen LogP contribution in [0.1, 0.15) is 13.3 Å². The van der Waals surface area contributed by atoms with Crippen LogP contribution in [0.25, 0.3) is 33.4 Å². The molecule has 3 N–H and O–H groups in total. The molecular formula is C27H28ClFN6O4S. The van der Waals surface area contributed by atoms with E-state index in [0.717, 1.165) is 0 Å². The number of hydrogen-bond donors (Lipinski definition) is 2. The minimum absolute atomic E-state index is 0.0262. The van der Waals surface area contributed by atoms with Crippen molar-refractivity contribution in [2.45, 2.75) is 13.3 Å². The first-order chi connectivity index (χ1) is 19.2. The van der Waals surface area contributed by atoms with Crippen molar-refractivity contribution in [2.75, 3.05) is 54.5 Å². The number of morpholine rings is 1. The molecule has 0 amide bonds. The quantitative estimate of drug-likeness (QED) is 0.300. The van der Waals surface area contributed by atoms with Gasteiger partial charge in [0.1, 0.15) is 22.9 Å². The van der Waals surface area contributed by atoms with Gasteiger partial charge in [0, 0.05) is 35.8 Å². The SMILES string of the molecule is CCCS(=O)(=O)Nc1ccc(Cl)c(-c2cc(OC)c3nc(-c4ccc(N)nc4)nc(N4CCOCC4)c3c2)c1F. The third kappa shape index (κ3) is 5.60. The second-order valence-electron chi connectivity index (χ2n) is 9.22. The summed E-state index contributed by atoms with van der Waals surface area (Å²) in [6.45, 7) is 3.93. The predicted octanol–water partition coefficient (Wildman–Crippen LogP) is 4.73. The molecule has 0 atom stereocenters. The standard InChI is InChI=1S/C27H28ClFN6O4S/c1-3-12-40(36,37)34-20-6-5-19(28)23(24(20)29)17-13-18-25(21(14-17)38-2)32-26(16-4-7-22(30)31-15-16)33-27(18)35-8-10-39-11-9-35/h4-7,13-15,34H,3,8-12H2,1-2H3,(H2,30,31). The Morgan fingerprint density at radius 3 is 2.60 bits per heavy atom. The number of nitrogen functional groups attached to an aromatic ring is 1. The van der Waals surface area contributed by atoms with Gasteiger partial charge in [-0.05, 0) is 48.4 Å². The van der Waals surface area contributed by atoms with Crippen LogP contribution in [0.4, 0.5) is 21.7 Å². The van der Waals surface area contributed by atoms with Crippen LogP contribution in [0.5, 0.6) is 5.75 Å². The molecule has 5 rings (SSSR count). The average Bonchev–Trinajstić information content (AvgIpc) is 2.94. The highest BCUT2D eigenvalue weighted by Crippen LogP contribution is 2.41. The molecule has 2 aromatic carbocycles. The number of hydrogen-bond acceptors (Lipinski definition) is 9. The average molecular weight is 587 g/mol. The molecule has 0 saturated carbocycles. The topological polar surface area (TPSA) is 133 Å². The molecule has 3 heterocycles. The lowest BCUT2D eigenvalue weighted by atomic mass is 10.0. The zero-order valence-corrected chi connectivity index (χ0v) is 23.5. The largest absolute Gasteiger partial charge is 0.494 e. The molecule has 1 saturated heterocycles. The molecule has 1 fully saturated rings. The van der Waals surface area contributed by atoms with Gasteiger partial charge >= 0.3 is 0 Å². The summed E-state index contributed by atoms with van der Waals surface area (Å²) in [6.07, 6.45) is 1.98. The minimum atomic E-state index is -3.73. The molecule has 0 unspecified atom stereocenters. The van der Waals surface area contributed by atoms with E-state index in [-0.39, 0.29) is 22.0 Å². The maximum Gasteiger partial charge on any atom is 0.232 e. The van der Waals surface area contributed by atoms with Crippen LogP contribution in [0, 0.1) is 5.82 Å². The minimum Gasteiger partial charge on any atom is -0.494 e. The number of rotatable bonds is 8. The fourth-order valence-corrected chi connectivity index (χ4v) is 5.94. The van der Waals surface area contributed by atoms with Gasteiger partial charge in [-0.15, -0.1) is 0 Å². The smallest absolute Gasteiger partial charge is 0.232 e. The fourth-order valence-electron chi connectivity index (χ4n) is 4.55. The Hall–Kier alpha value is -3.74. The monoisotopic (exact) mass is 586 g/mol. The number of sulfonamides is 1. The van der Waals surface area contributed by atoms with Crippen molar-refractivity contribution in [3.63, 3.8) is 0 Å². The summed E-state index contributed by atoms with van der Waals surface area (Å²) in [5.74, 6) is 0.827. The molecule has 40 heavy (non-hydrogen) atoms. The number of nitrogens with one attached hydrogen (secondary N) is 1. The van der Waals surface area contributed by atoms with Crippen molar-refractivity contribution < 1.29 is 22.3 Å². The Bertz CT molecular complexity index is 1660. The highest BCUT2D eigenvalue weighted by atomic mass is 35.5. The van der Waals surface area contributed by atoms with Crippen molar-refractivity contribution >= 4 is 49.9 Å². The summed E-state index contributed by atoms with van der Waals surface area (Å²) in [4.78, 5) is 15.9. The maximum absolute atomic E-state index is 15.9. The predicted molar refractivity (Wildman–Crippen MR) is 155 cm³/mol. The fraction of sp³-hybridized carbons (Fsp3) is 0.296. The molecule has 0 radical (unpaired) electrons. The first-order valence-electron chi connectivity index (χ1n) is 12.6. The van der Waals surface area contributed by atoms with Crippen LogP contribution >= 0.6 is 11.6 Å². The Kier molecular flexibility index (Phi) is 7.92. The Morgan fingerprint density at radius 1 is 1.15 bits per heavy atom. The third-order valence-electron chi connectivity index (χ3n) is 6.44. The number of fused-ring (bicyclic) bond motifs is 1. The normalized spacial score (nSPS) is 13.9. The van der Waals surface area contributed by atoms with E-state index in [0.29, 0.717) is 78.0 Å². The van der Waals surface area contributed by atoms with Crippen LogP contribution < -0.4 is 20.1 Å². The molecule has 4 aromatic rings. The number of benzene rings is 2. The molecule has 13 heteroatoms. The molecule has 0 spiro atoms. The van der Waals surface area contributed by atoms with Crippen molar-refractivity contribution in [3.8, 4) is 28.3 Å². The third-order valence-corrected chi connectivity index (χ3v) is 8.23. The molecular weight excluding hydrogens is 559 g/mol. The van der Waals surface area contributed by atoms with Crippen LogP contribution in [0.3, 0.4) is 0 Å². The van der Waals surface area contributed by atoms with Gasteiger partial charge in [-0.25, -0.2) is 27.8 Å². The summed E-state index contributed by atoms with van der Waals surface area (Å²) in [6, 6.07) is 9.58. The van der Waals surface area contributed by atoms with E-state index in [1.54, 1.807) is 37.4 Å². The van der Waals surface area contributed by atoms with Crippen molar-refractivity contribution in [2.24, 2.45) is 0 Å². The second-order valence-corrected chi connectivity index (χ2v) is 11.5. The van der Waals surface area contributed by atoms with E-state index in [1.807, 2.05) is 0 Å². The zero-order valence-electron chi connectivity index (χ0n) is 21.9. The van der Waals surface area contributed by atoms with Crippen LogP contribution in [-0.2, 0) is 14.8 Å². The lowest BCUT2D eigenvalue weighted by Crippen LogP contribution is -2.37. The van der Waals surface area contributed by atoms with Gasteiger partial charge in [0.05, 0.1) is 36.8 Å². The van der Waals surface area contributed by atoms with Crippen molar-refractivity contribution in [3.05, 3.63) is 53.4 Å². The Labute approximate surface area is 236 Å². The summed E-state index contributed by atoms with van der Waals surface area (Å²) in [5.41, 5.74) is 7.15. The van der Waals surface area contributed by atoms with Crippen molar-refractivity contribution in [1.82, 2.24) is 15.0 Å². The van der Waals surface area contributed by atoms with E-state index < -0.39 is 15.8 Å². The number of aromatic nitrogens is 3. The van der Waals surface area contributed by atoms with E-state index in [4.69, 9.17) is 36.8 Å². The lowest BCUT2D eigenvalue weighted by molar-refractivity contribution is 0.122. The van der Waals surface area contributed by atoms with Crippen LogP contribution in [0.2, 0.25) is 5.02 Å². The Morgan fingerprint density at radius 2 is 1.93 bits per heavy atom. The first-order valence-corrected chi connectivity index (χ1v) is 14.7. The summed E-state index contributed by atoms with van der Waals surface area (Å²) in [5, 5.41) is 0.714. The molecule has 10 nitrogen and oxygen atoms in total. The number of nitrogens with zero attached hydrogens (tertiary/aromatic N) is 4. The summed E-state index contributed by atoms with van der Waals surface area (Å²) >= 11 is 6.49. The van der Waals surface area contributed by atoms with E-state index >= 15 is 4.39 Å². The van der Waals surface area contributed by atoms with Gasteiger partial charge in [0.15, 0.2) is 11.6 Å². The first kappa shape index (κ1) is 27.8. The maximum atomic E-state index is 15.9.